The molecule has 0 fully saturated rings. The molecule has 1 atom stereocenters. The van der Waals surface area contributed by atoms with Crippen LogP contribution in [-0.2, 0) is 6.42 Å². The molecule has 0 aromatic carbocycles. The highest BCUT2D eigenvalue weighted by Crippen LogP contribution is 2.10. The summed E-state index contributed by atoms with van der Waals surface area (Å²) in [4.78, 5) is 11.8. The van der Waals surface area contributed by atoms with Crippen LogP contribution in [0.4, 0.5) is 0 Å². The molecular formula is C12H18ClNO2. The Hall–Kier alpha value is -0.960. The van der Waals surface area contributed by atoms with Gasteiger partial charge in [0.1, 0.15) is 5.76 Å². The summed E-state index contributed by atoms with van der Waals surface area (Å²) in [6.45, 7) is 6.02. The van der Waals surface area contributed by atoms with Gasteiger partial charge in [-0.25, -0.2) is 0 Å². The monoisotopic (exact) mass is 243 g/mol. The Morgan fingerprint density at radius 1 is 1.50 bits per heavy atom. The Morgan fingerprint density at radius 3 is 2.62 bits per heavy atom. The van der Waals surface area contributed by atoms with Crippen LogP contribution < -0.4 is 5.32 Å². The first-order valence-electron chi connectivity index (χ1n) is 5.54. The molecule has 0 bridgehead atoms. The number of hydrogen-bond donors (Lipinski definition) is 1. The standard InChI is InChI=1S/C12H18ClNO2/c1-4-9-5-6-11(16-9)12(15)14-10(7-13)8(2)3/h5-6,8,10H,4,7H2,1-3H3,(H,14,15). The molecule has 0 radical (unpaired) electrons. The van der Waals surface area contributed by atoms with Crippen LogP contribution in [-0.4, -0.2) is 17.8 Å². The zero-order chi connectivity index (χ0) is 12.1. The third-order valence-electron chi connectivity index (χ3n) is 2.52. The molecule has 0 aliphatic heterocycles. The van der Waals surface area contributed by atoms with Crippen molar-refractivity contribution in [2.75, 3.05) is 5.88 Å². The van der Waals surface area contributed by atoms with Crippen LogP contribution >= 0.6 is 11.6 Å². The van der Waals surface area contributed by atoms with E-state index in [-0.39, 0.29) is 11.9 Å². The second-order valence-electron chi connectivity index (χ2n) is 4.10. The van der Waals surface area contributed by atoms with Gasteiger partial charge in [-0.15, -0.1) is 11.6 Å². The Bertz CT molecular complexity index is 347. The van der Waals surface area contributed by atoms with Crippen LogP contribution in [0.1, 0.15) is 37.1 Å². The van der Waals surface area contributed by atoms with E-state index in [0.717, 1.165) is 12.2 Å². The lowest BCUT2D eigenvalue weighted by Gasteiger charge is -2.18. The van der Waals surface area contributed by atoms with Gasteiger partial charge < -0.3 is 9.73 Å². The lowest BCUT2D eigenvalue weighted by Crippen LogP contribution is -2.39. The molecule has 1 heterocycles. The highest BCUT2D eigenvalue weighted by Gasteiger charge is 2.18. The molecule has 1 N–H and O–H groups in total. The van der Waals surface area contributed by atoms with E-state index >= 15 is 0 Å². The Labute approximate surface area is 101 Å². The van der Waals surface area contributed by atoms with Crippen molar-refractivity contribution in [1.82, 2.24) is 5.32 Å². The third kappa shape index (κ3) is 3.27. The molecule has 4 heteroatoms. The first kappa shape index (κ1) is 13.1. The van der Waals surface area contributed by atoms with E-state index in [0.29, 0.717) is 17.6 Å². The highest BCUT2D eigenvalue weighted by atomic mass is 35.5. The number of rotatable bonds is 5. The predicted octanol–water partition coefficient (Wildman–Crippen LogP) is 2.84. The van der Waals surface area contributed by atoms with Gasteiger partial charge >= 0.3 is 0 Å². The lowest BCUT2D eigenvalue weighted by atomic mass is 10.1. The highest BCUT2D eigenvalue weighted by molar-refractivity contribution is 6.18. The maximum absolute atomic E-state index is 11.8. The average molecular weight is 244 g/mol. The van der Waals surface area contributed by atoms with Gasteiger partial charge in [0.25, 0.3) is 5.91 Å². The summed E-state index contributed by atoms with van der Waals surface area (Å²) < 4.78 is 5.36. The summed E-state index contributed by atoms with van der Waals surface area (Å²) in [5.41, 5.74) is 0. The molecule has 1 amide bonds. The van der Waals surface area contributed by atoms with E-state index in [1.54, 1.807) is 6.07 Å². The average Bonchev–Trinajstić information content (AvgIpc) is 2.73. The van der Waals surface area contributed by atoms with Gasteiger partial charge in [0, 0.05) is 18.3 Å². The number of alkyl halides is 1. The Kier molecular flexibility index (Phi) is 4.87. The Balaban J connectivity index is 2.64. The van der Waals surface area contributed by atoms with E-state index in [2.05, 4.69) is 5.32 Å². The molecule has 1 aromatic heterocycles. The van der Waals surface area contributed by atoms with Crippen molar-refractivity contribution < 1.29 is 9.21 Å². The van der Waals surface area contributed by atoms with Crippen molar-refractivity contribution in [2.45, 2.75) is 33.2 Å². The molecule has 90 valence electrons. The number of hydrogen-bond acceptors (Lipinski definition) is 2. The van der Waals surface area contributed by atoms with E-state index in [1.807, 2.05) is 26.8 Å². The zero-order valence-electron chi connectivity index (χ0n) is 9.92. The van der Waals surface area contributed by atoms with Gasteiger partial charge in [-0.1, -0.05) is 20.8 Å². The van der Waals surface area contributed by atoms with Crippen molar-refractivity contribution in [1.29, 1.82) is 0 Å². The molecule has 0 saturated carbocycles. The fraction of sp³-hybridized carbons (Fsp3) is 0.583. The van der Waals surface area contributed by atoms with Gasteiger partial charge in [-0.3, -0.25) is 4.79 Å². The largest absolute Gasteiger partial charge is 0.456 e. The number of carbonyl (C=O) groups excluding carboxylic acids is 1. The van der Waals surface area contributed by atoms with E-state index in [1.165, 1.54) is 0 Å². The lowest BCUT2D eigenvalue weighted by molar-refractivity contribution is 0.0901. The summed E-state index contributed by atoms with van der Waals surface area (Å²) in [6, 6.07) is 3.49. The second kappa shape index (κ2) is 5.94. The molecule has 0 aliphatic rings. The minimum Gasteiger partial charge on any atom is -0.456 e. The van der Waals surface area contributed by atoms with Crippen molar-refractivity contribution in [3.05, 3.63) is 23.7 Å². The van der Waals surface area contributed by atoms with Crippen LogP contribution in [0.25, 0.3) is 0 Å². The minimum absolute atomic E-state index is 0.0238. The van der Waals surface area contributed by atoms with Gasteiger partial charge in [-0.05, 0) is 18.1 Å². The first-order chi connectivity index (χ1) is 7.58. The molecule has 0 spiro atoms. The third-order valence-corrected chi connectivity index (χ3v) is 2.85. The van der Waals surface area contributed by atoms with Crippen molar-refractivity contribution in [2.24, 2.45) is 5.92 Å². The SMILES string of the molecule is CCc1ccc(C(=O)NC(CCl)C(C)C)o1. The first-order valence-corrected chi connectivity index (χ1v) is 6.07. The number of amides is 1. The van der Waals surface area contributed by atoms with Crippen molar-refractivity contribution in [3.63, 3.8) is 0 Å². The van der Waals surface area contributed by atoms with Gasteiger partial charge in [0.2, 0.25) is 0 Å². The molecule has 1 rings (SSSR count). The van der Waals surface area contributed by atoms with Crippen LogP contribution in [0.3, 0.4) is 0 Å². The minimum atomic E-state index is -0.195. The maximum atomic E-state index is 11.8. The van der Waals surface area contributed by atoms with Crippen LogP contribution in [0, 0.1) is 5.92 Å². The summed E-state index contributed by atoms with van der Waals surface area (Å²) in [7, 11) is 0. The zero-order valence-corrected chi connectivity index (χ0v) is 10.7. The maximum Gasteiger partial charge on any atom is 0.287 e. The number of aryl methyl sites for hydroxylation is 1. The fourth-order valence-corrected chi connectivity index (χ4v) is 1.75. The molecule has 16 heavy (non-hydrogen) atoms. The smallest absolute Gasteiger partial charge is 0.287 e. The Morgan fingerprint density at radius 2 is 2.19 bits per heavy atom. The normalized spacial score (nSPS) is 12.8. The fourth-order valence-electron chi connectivity index (χ4n) is 1.31. The van der Waals surface area contributed by atoms with Gasteiger partial charge in [-0.2, -0.15) is 0 Å². The predicted molar refractivity (Wildman–Crippen MR) is 64.9 cm³/mol. The van der Waals surface area contributed by atoms with E-state index < -0.39 is 0 Å². The second-order valence-corrected chi connectivity index (χ2v) is 4.41. The molecule has 0 saturated heterocycles. The molecule has 1 aromatic rings. The summed E-state index contributed by atoms with van der Waals surface area (Å²) in [6.07, 6.45) is 0.788. The van der Waals surface area contributed by atoms with Gasteiger partial charge in [0.05, 0.1) is 0 Å². The molecule has 3 nitrogen and oxygen atoms in total. The number of furan rings is 1. The van der Waals surface area contributed by atoms with Gasteiger partial charge in [0.15, 0.2) is 5.76 Å². The van der Waals surface area contributed by atoms with E-state index in [4.69, 9.17) is 16.0 Å². The van der Waals surface area contributed by atoms with Crippen molar-refractivity contribution >= 4 is 17.5 Å². The number of nitrogens with one attached hydrogen (secondary N) is 1. The molecule has 0 aliphatic carbocycles. The van der Waals surface area contributed by atoms with Crippen LogP contribution in [0.2, 0.25) is 0 Å². The van der Waals surface area contributed by atoms with E-state index in [9.17, 15) is 4.79 Å². The summed E-state index contributed by atoms with van der Waals surface area (Å²) >= 11 is 5.78. The molecule has 1 unspecified atom stereocenters. The molecular weight excluding hydrogens is 226 g/mol. The number of carbonyl (C=O) groups is 1. The quantitative estimate of drug-likeness (QED) is 0.808. The number of halogens is 1. The summed E-state index contributed by atoms with van der Waals surface area (Å²) in [5, 5.41) is 2.86. The van der Waals surface area contributed by atoms with Crippen LogP contribution in [0.15, 0.2) is 16.5 Å². The summed E-state index contributed by atoms with van der Waals surface area (Å²) in [5.74, 6) is 1.69. The topological polar surface area (TPSA) is 42.2 Å². The van der Waals surface area contributed by atoms with Crippen molar-refractivity contribution in [3.8, 4) is 0 Å². The van der Waals surface area contributed by atoms with Crippen LogP contribution in [0.5, 0.6) is 0 Å².